The second kappa shape index (κ2) is 4.53. The van der Waals surface area contributed by atoms with Crippen molar-refractivity contribution < 1.29 is 18.0 Å². The van der Waals surface area contributed by atoms with E-state index in [0.29, 0.717) is 5.57 Å². The third-order valence-electron chi connectivity index (χ3n) is 3.34. The highest BCUT2D eigenvalue weighted by atomic mass is 32.2. The molecule has 0 fully saturated rings. The maximum atomic E-state index is 12.6. The lowest BCUT2D eigenvalue weighted by atomic mass is 9.96. The predicted molar refractivity (Wildman–Crippen MR) is 75.9 cm³/mol. The second-order valence-electron chi connectivity index (χ2n) is 4.71. The number of fused-ring (bicyclic) bond motifs is 1. The fourth-order valence-corrected chi connectivity index (χ4v) is 3.67. The lowest BCUT2D eigenvalue weighted by Gasteiger charge is -2.13. The lowest BCUT2D eigenvalue weighted by molar-refractivity contribution is 0.0981. The Kier molecular flexibility index (Phi) is 2.91. The zero-order valence-electron chi connectivity index (χ0n) is 11.1. The first-order chi connectivity index (χ1) is 9.93. The summed E-state index contributed by atoms with van der Waals surface area (Å²) >= 11 is 0. The number of Topliss-reactive ketones (excluding diaryl/α,β-unsaturated/α-hetero) is 1. The van der Waals surface area contributed by atoms with Gasteiger partial charge in [-0.15, -0.1) is 0 Å². The number of aromatic nitrogens is 1. The maximum absolute atomic E-state index is 12.6. The van der Waals surface area contributed by atoms with E-state index < -0.39 is 15.8 Å². The van der Waals surface area contributed by atoms with Gasteiger partial charge in [0, 0.05) is 11.8 Å². The fourth-order valence-electron chi connectivity index (χ4n) is 2.29. The molecule has 0 atom stereocenters. The Labute approximate surface area is 121 Å². The van der Waals surface area contributed by atoms with Gasteiger partial charge in [-0.25, -0.2) is 12.4 Å². The molecule has 0 N–H and O–H groups in total. The molecule has 21 heavy (non-hydrogen) atoms. The van der Waals surface area contributed by atoms with Crippen molar-refractivity contribution in [2.24, 2.45) is 0 Å². The Morgan fingerprint density at radius 1 is 1.00 bits per heavy atom. The Balaban J connectivity index is 2.24. The van der Waals surface area contributed by atoms with Crippen molar-refractivity contribution in [2.45, 2.75) is 11.8 Å². The number of ketones is 2. The van der Waals surface area contributed by atoms with Crippen molar-refractivity contribution in [2.75, 3.05) is 0 Å². The van der Waals surface area contributed by atoms with Gasteiger partial charge in [0.15, 0.2) is 5.78 Å². The average molecular weight is 301 g/mol. The molecule has 5 nitrogen and oxygen atoms in total. The summed E-state index contributed by atoms with van der Waals surface area (Å²) < 4.78 is 26.0. The minimum absolute atomic E-state index is 0.0647. The zero-order chi connectivity index (χ0) is 15.2. The van der Waals surface area contributed by atoms with E-state index in [0.717, 1.165) is 3.97 Å². The third-order valence-corrected chi connectivity index (χ3v) is 5.03. The number of hydrogen-bond acceptors (Lipinski definition) is 4. The van der Waals surface area contributed by atoms with E-state index >= 15 is 0 Å². The summed E-state index contributed by atoms with van der Waals surface area (Å²) in [5, 5.41) is 0. The van der Waals surface area contributed by atoms with Crippen LogP contribution in [0.1, 0.15) is 27.8 Å². The fraction of sp³-hybridized carbons (Fsp3) is 0.0667. The van der Waals surface area contributed by atoms with Gasteiger partial charge in [-0.05, 0) is 31.2 Å². The molecule has 0 bridgehead atoms. The van der Waals surface area contributed by atoms with Gasteiger partial charge in [0.25, 0.3) is 10.0 Å². The number of allylic oxidation sites excluding steroid dienone is 2. The van der Waals surface area contributed by atoms with Gasteiger partial charge >= 0.3 is 0 Å². The monoisotopic (exact) mass is 301 g/mol. The lowest BCUT2D eigenvalue weighted by Crippen LogP contribution is -2.22. The van der Waals surface area contributed by atoms with E-state index in [9.17, 15) is 18.0 Å². The van der Waals surface area contributed by atoms with E-state index in [4.69, 9.17) is 0 Å². The molecule has 1 aromatic heterocycles. The van der Waals surface area contributed by atoms with Crippen LogP contribution in [0, 0.1) is 0 Å². The van der Waals surface area contributed by atoms with Crippen LogP contribution in [0.4, 0.5) is 0 Å². The van der Waals surface area contributed by atoms with Crippen molar-refractivity contribution in [1.29, 1.82) is 0 Å². The summed E-state index contributed by atoms with van der Waals surface area (Å²) in [7, 11) is -3.90. The smallest absolute Gasteiger partial charge is 0.268 e. The molecule has 1 aliphatic rings. The highest BCUT2D eigenvalue weighted by Crippen LogP contribution is 2.25. The molecule has 0 saturated carbocycles. The van der Waals surface area contributed by atoms with Gasteiger partial charge in [-0.3, -0.25) is 9.59 Å². The summed E-state index contributed by atoms with van der Waals surface area (Å²) in [6.45, 7) is 1.53. The van der Waals surface area contributed by atoms with E-state index in [1.54, 1.807) is 18.2 Å². The van der Waals surface area contributed by atoms with E-state index in [2.05, 4.69) is 0 Å². The quantitative estimate of drug-likeness (QED) is 0.851. The number of hydrogen-bond donors (Lipinski definition) is 0. The molecule has 6 heteroatoms. The van der Waals surface area contributed by atoms with Gasteiger partial charge in [-0.1, -0.05) is 18.2 Å². The first-order valence-electron chi connectivity index (χ1n) is 6.22. The van der Waals surface area contributed by atoms with Crippen LogP contribution in [0.15, 0.2) is 59.1 Å². The minimum atomic E-state index is -3.90. The molecule has 0 saturated heterocycles. The van der Waals surface area contributed by atoms with Crippen molar-refractivity contribution in [1.82, 2.24) is 3.97 Å². The SMILES string of the molecule is CC1=CC(=O)c2c(ccn2S(=O)(=O)c2ccccc2)C1=O. The van der Waals surface area contributed by atoms with Gasteiger partial charge < -0.3 is 0 Å². The maximum Gasteiger partial charge on any atom is 0.268 e. The first-order valence-corrected chi connectivity index (χ1v) is 7.66. The Hall–Kier alpha value is -2.47. The Morgan fingerprint density at radius 2 is 1.67 bits per heavy atom. The van der Waals surface area contributed by atoms with Crippen molar-refractivity contribution in [3.8, 4) is 0 Å². The van der Waals surface area contributed by atoms with E-state index in [1.807, 2.05) is 0 Å². The molecule has 2 aromatic rings. The molecule has 0 radical (unpaired) electrons. The molecular formula is C15H11NO4S. The molecule has 1 aliphatic carbocycles. The van der Waals surface area contributed by atoms with Crippen LogP contribution in [0.5, 0.6) is 0 Å². The van der Waals surface area contributed by atoms with Crippen LogP contribution in [-0.2, 0) is 10.0 Å². The average Bonchev–Trinajstić information content (AvgIpc) is 2.92. The number of benzene rings is 1. The minimum Gasteiger partial charge on any atom is -0.289 e. The summed E-state index contributed by atoms with van der Waals surface area (Å²) in [4.78, 5) is 24.2. The molecule has 0 aliphatic heterocycles. The van der Waals surface area contributed by atoms with Gasteiger partial charge in [-0.2, -0.15) is 0 Å². The van der Waals surface area contributed by atoms with Crippen LogP contribution in [-0.4, -0.2) is 24.0 Å². The summed E-state index contributed by atoms with van der Waals surface area (Å²) in [6, 6.07) is 9.15. The van der Waals surface area contributed by atoms with Crippen molar-refractivity contribution >= 4 is 21.6 Å². The molecule has 1 heterocycles. The van der Waals surface area contributed by atoms with Crippen LogP contribution >= 0.6 is 0 Å². The van der Waals surface area contributed by atoms with Crippen LogP contribution in [0.25, 0.3) is 0 Å². The van der Waals surface area contributed by atoms with Crippen LogP contribution in [0.2, 0.25) is 0 Å². The molecular weight excluding hydrogens is 290 g/mol. The van der Waals surface area contributed by atoms with Gasteiger partial charge in [0.05, 0.1) is 10.5 Å². The van der Waals surface area contributed by atoms with Crippen LogP contribution < -0.4 is 0 Å². The molecule has 0 spiro atoms. The van der Waals surface area contributed by atoms with E-state index in [1.165, 1.54) is 37.4 Å². The van der Waals surface area contributed by atoms with E-state index in [-0.39, 0.29) is 21.9 Å². The summed E-state index contributed by atoms with van der Waals surface area (Å²) in [6.07, 6.45) is 2.41. The second-order valence-corrected chi connectivity index (χ2v) is 6.53. The largest absolute Gasteiger partial charge is 0.289 e. The highest BCUT2D eigenvalue weighted by molar-refractivity contribution is 7.90. The number of rotatable bonds is 2. The standard InChI is InChI=1S/C15H11NO4S/c1-10-9-13(17)14-12(15(10)18)7-8-16(14)21(19,20)11-5-3-2-4-6-11/h2-9H,1H3. The first kappa shape index (κ1) is 13.5. The van der Waals surface area contributed by atoms with Gasteiger partial charge in [0.2, 0.25) is 5.78 Å². The molecule has 106 valence electrons. The Bertz CT molecular complexity index is 889. The normalized spacial score (nSPS) is 14.8. The number of carbonyl (C=O) groups excluding carboxylic acids is 2. The Morgan fingerprint density at radius 3 is 2.33 bits per heavy atom. The number of nitrogens with zero attached hydrogens (tertiary/aromatic N) is 1. The van der Waals surface area contributed by atoms with Crippen LogP contribution in [0.3, 0.4) is 0 Å². The highest BCUT2D eigenvalue weighted by Gasteiger charge is 2.31. The molecule has 3 rings (SSSR count). The summed E-state index contributed by atoms with van der Waals surface area (Å²) in [5.41, 5.74) is 0.330. The summed E-state index contributed by atoms with van der Waals surface area (Å²) in [5.74, 6) is -0.807. The number of carbonyl (C=O) groups is 2. The topological polar surface area (TPSA) is 73.2 Å². The molecule has 0 unspecified atom stereocenters. The third kappa shape index (κ3) is 1.95. The van der Waals surface area contributed by atoms with Crippen molar-refractivity contribution in [3.05, 3.63) is 65.5 Å². The molecule has 1 aromatic carbocycles. The predicted octanol–water partition coefficient (Wildman–Crippen LogP) is 2.05. The van der Waals surface area contributed by atoms with Gasteiger partial charge in [0.1, 0.15) is 5.69 Å². The zero-order valence-corrected chi connectivity index (χ0v) is 11.9. The van der Waals surface area contributed by atoms with Crippen molar-refractivity contribution in [3.63, 3.8) is 0 Å². The molecule has 0 amide bonds.